The second-order valence-corrected chi connectivity index (χ2v) is 6.09. The third kappa shape index (κ3) is 4.92. The Bertz CT molecular complexity index is 968. The Hall–Kier alpha value is -3.67. The third-order valence-electron chi connectivity index (χ3n) is 3.86. The summed E-state index contributed by atoms with van der Waals surface area (Å²) in [6, 6.07) is 18.3. The lowest BCUT2D eigenvalue weighted by Crippen LogP contribution is -2.14. The minimum Gasteiger partial charge on any atom is -0.354 e. The summed E-state index contributed by atoms with van der Waals surface area (Å²) >= 11 is 0. The Labute approximate surface area is 157 Å². The standard InChI is InChI=1S/C21H20N4O2/c1-14-6-3-4-9-19(14)24-18-10-11-20(22-13-18)21(27)25-17-8-5-7-16(12-17)23-15(2)26/h3-13,24H,1-2H3,(H,23,26)(H,25,27). The number of carbonyl (C=O) groups is 2. The number of nitrogens with one attached hydrogen (secondary N) is 3. The number of hydrogen-bond acceptors (Lipinski definition) is 4. The zero-order chi connectivity index (χ0) is 19.2. The monoisotopic (exact) mass is 360 g/mol. The van der Waals surface area contributed by atoms with E-state index >= 15 is 0 Å². The van der Waals surface area contributed by atoms with E-state index in [1.54, 1.807) is 36.5 Å². The second kappa shape index (κ2) is 8.14. The quantitative estimate of drug-likeness (QED) is 0.632. The van der Waals surface area contributed by atoms with Crippen LogP contribution in [0.25, 0.3) is 0 Å². The molecule has 0 aliphatic rings. The van der Waals surface area contributed by atoms with E-state index in [-0.39, 0.29) is 11.8 Å². The predicted molar refractivity (Wildman–Crippen MR) is 107 cm³/mol. The highest BCUT2D eigenvalue weighted by Gasteiger charge is 2.09. The Kier molecular flexibility index (Phi) is 5.47. The lowest BCUT2D eigenvalue weighted by atomic mass is 10.2. The van der Waals surface area contributed by atoms with Crippen LogP contribution in [-0.2, 0) is 4.79 Å². The van der Waals surface area contributed by atoms with Gasteiger partial charge in [-0.3, -0.25) is 9.59 Å². The van der Waals surface area contributed by atoms with Gasteiger partial charge >= 0.3 is 0 Å². The molecule has 0 spiro atoms. The Balaban J connectivity index is 1.67. The number of carbonyl (C=O) groups excluding carboxylic acids is 2. The zero-order valence-electron chi connectivity index (χ0n) is 15.1. The maximum absolute atomic E-state index is 12.4. The highest BCUT2D eigenvalue weighted by atomic mass is 16.2. The second-order valence-electron chi connectivity index (χ2n) is 6.09. The first-order valence-corrected chi connectivity index (χ1v) is 8.49. The van der Waals surface area contributed by atoms with Crippen LogP contribution in [0.2, 0.25) is 0 Å². The molecule has 3 aromatic rings. The van der Waals surface area contributed by atoms with Crippen LogP contribution < -0.4 is 16.0 Å². The van der Waals surface area contributed by atoms with Crippen molar-refractivity contribution in [2.45, 2.75) is 13.8 Å². The number of amides is 2. The minimum absolute atomic E-state index is 0.170. The largest absolute Gasteiger partial charge is 0.354 e. The summed E-state index contributed by atoms with van der Waals surface area (Å²) < 4.78 is 0. The molecule has 0 radical (unpaired) electrons. The van der Waals surface area contributed by atoms with Crippen LogP contribution >= 0.6 is 0 Å². The summed E-state index contributed by atoms with van der Waals surface area (Å²) in [7, 11) is 0. The van der Waals surface area contributed by atoms with E-state index in [0.29, 0.717) is 17.1 Å². The van der Waals surface area contributed by atoms with Crippen molar-refractivity contribution in [1.82, 2.24) is 4.98 Å². The molecule has 0 saturated carbocycles. The molecule has 2 amide bonds. The first-order valence-electron chi connectivity index (χ1n) is 8.49. The van der Waals surface area contributed by atoms with E-state index in [1.807, 2.05) is 37.3 Å². The summed E-state index contributed by atoms with van der Waals surface area (Å²) in [6.07, 6.45) is 1.62. The first-order chi connectivity index (χ1) is 13.0. The molecule has 136 valence electrons. The lowest BCUT2D eigenvalue weighted by molar-refractivity contribution is -0.114. The molecule has 3 rings (SSSR count). The molecule has 6 heteroatoms. The van der Waals surface area contributed by atoms with Crippen molar-refractivity contribution in [3.05, 3.63) is 78.1 Å². The van der Waals surface area contributed by atoms with Crippen molar-refractivity contribution in [3.8, 4) is 0 Å². The van der Waals surface area contributed by atoms with Crippen molar-refractivity contribution in [2.24, 2.45) is 0 Å². The van der Waals surface area contributed by atoms with E-state index in [4.69, 9.17) is 0 Å². The molecule has 6 nitrogen and oxygen atoms in total. The van der Waals surface area contributed by atoms with Crippen LogP contribution in [0.5, 0.6) is 0 Å². The molecule has 0 atom stereocenters. The van der Waals surface area contributed by atoms with Gasteiger partial charge in [-0.05, 0) is 48.9 Å². The number of hydrogen-bond donors (Lipinski definition) is 3. The topological polar surface area (TPSA) is 83.1 Å². The summed E-state index contributed by atoms with van der Waals surface area (Å²) in [5, 5.41) is 8.74. The fourth-order valence-corrected chi connectivity index (χ4v) is 2.54. The molecule has 3 N–H and O–H groups in total. The van der Waals surface area contributed by atoms with Gasteiger partial charge in [0.15, 0.2) is 0 Å². The van der Waals surface area contributed by atoms with Gasteiger partial charge in [-0.15, -0.1) is 0 Å². The molecule has 27 heavy (non-hydrogen) atoms. The molecule has 0 fully saturated rings. The molecule has 2 aromatic carbocycles. The highest BCUT2D eigenvalue weighted by molar-refractivity contribution is 6.03. The van der Waals surface area contributed by atoms with Gasteiger partial charge in [-0.2, -0.15) is 0 Å². The van der Waals surface area contributed by atoms with Gasteiger partial charge in [0.1, 0.15) is 5.69 Å². The van der Waals surface area contributed by atoms with Gasteiger partial charge in [0, 0.05) is 24.0 Å². The molecular weight excluding hydrogens is 340 g/mol. The van der Waals surface area contributed by atoms with E-state index in [1.165, 1.54) is 6.92 Å². The maximum atomic E-state index is 12.4. The maximum Gasteiger partial charge on any atom is 0.274 e. The van der Waals surface area contributed by atoms with Crippen molar-refractivity contribution >= 4 is 34.6 Å². The average Bonchev–Trinajstić information content (AvgIpc) is 2.64. The first kappa shape index (κ1) is 18.1. The molecule has 0 saturated heterocycles. The molecule has 1 aromatic heterocycles. The van der Waals surface area contributed by atoms with Gasteiger partial charge in [-0.1, -0.05) is 24.3 Å². The Morgan fingerprint density at radius 1 is 0.852 bits per heavy atom. The summed E-state index contributed by atoms with van der Waals surface area (Å²) in [5.74, 6) is -0.491. The van der Waals surface area contributed by atoms with Crippen LogP contribution in [0.15, 0.2) is 66.9 Å². The minimum atomic E-state index is -0.322. The molecule has 0 unspecified atom stereocenters. The number of para-hydroxylation sites is 1. The Morgan fingerprint density at radius 3 is 2.26 bits per heavy atom. The fourth-order valence-electron chi connectivity index (χ4n) is 2.54. The van der Waals surface area contributed by atoms with Crippen LogP contribution in [0.3, 0.4) is 0 Å². The normalized spacial score (nSPS) is 10.1. The number of anilines is 4. The fraction of sp³-hybridized carbons (Fsp3) is 0.0952. The van der Waals surface area contributed by atoms with E-state index in [2.05, 4.69) is 20.9 Å². The van der Waals surface area contributed by atoms with Gasteiger partial charge in [0.25, 0.3) is 5.91 Å². The summed E-state index contributed by atoms with van der Waals surface area (Å²) in [6.45, 7) is 3.45. The molecular formula is C21H20N4O2. The van der Waals surface area contributed by atoms with Gasteiger partial charge in [-0.25, -0.2) is 4.98 Å². The SMILES string of the molecule is CC(=O)Nc1cccc(NC(=O)c2ccc(Nc3ccccc3C)cn2)c1. The Morgan fingerprint density at radius 2 is 1.59 bits per heavy atom. The third-order valence-corrected chi connectivity index (χ3v) is 3.86. The zero-order valence-corrected chi connectivity index (χ0v) is 15.1. The van der Waals surface area contributed by atoms with Crippen molar-refractivity contribution in [1.29, 1.82) is 0 Å². The molecule has 0 aliphatic heterocycles. The van der Waals surface area contributed by atoms with Gasteiger partial charge in [0.2, 0.25) is 5.91 Å². The van der Waals surface area contributed by atoms with Crippen molar-refractivity contribution < 1.29 is 9.59 Å². The van der Waals surface area contributed by atoms with Crippen molar-refractivity contribution in [2.75, 3.05) is 16.0 Å². The number of aromatic nitrogens is 1. The van der Waals surface area contributed by atoms with E-state index in [9.17, 15) is 9.59 Å². The number of aryl methyl sites for hydroxylation is 1. The van der Waals surface area contributed by atoms with Crippen molar-refractivity contribution in [3.63, 3.8) is 0 Å². The molecule has 1 heterocycles. The number of rotatable bonds is 5. The summed E-state index contributed by atoms with van der Waals surface area (Å²) in [4.78, 5) is 27.8. The number of benzene rings is 2. The van der Waals surface area contributed by atoms with E-state index in [0.717, 1.165) is 16.9 Å². The molecule has 0 aliphatic carbocycles. The van der Waals surface area contributed by atoms with Gasteiger partial charge < -0.3 is 16.0 Å². The number of pyridine rings is 1. The predicted octanol–water partition coefficient (Wildman–Crippen LogP) is 4.34. The van der Waals surface area contributed by atoms with Gasteiger partial charge in [0.05, 0.1) is 11.9 Å². The van der Waals surface area contributed by atoms with Crippen LogP contribution in [0.1, 0.15) is 23.0 Å². The smallest absolute Gasteiger partial charge is 0.274 e. The van der Waals surface area contributed by atoms with E-state index < -0.39 is 0 Å². The van der Waals surface area contributed by atoms with Crippen LogP contribution in [0, 0.1) is 6.92 Å². The molecule has 0 bridgehead atoms. The van der Waals surface area contributed by atoms with Crippen LogP contribution in [-0.4, -0.2) is 16.8 Å². The number of nitrogens with zero attached hydrogens (tertiary/aromatic N) is 1. The van der Waals surface area contributed by atoms with Crippen LogP contribution in [0.4, 0.5) is 22.7 Å². The highest BCUT2D eigenvalue weighted by Crippen LogP contribution is 2.20. The average molecular weight is 360 g/mol. The summed E-state index contributed by atoms with van der Waals surface area (Å²) in [5.41, 5.74) is 4.41. The lowest BCUT2D eigenvalue weighted by Gasteiger charge is -2.10.